The van der Waals surface area contributed by atoms with E-state index < -0.39 is 29.2 Å². The normalized spacial score (nSPS) is 10.2. The topological polar surface area (TPSA) is 76.0 Å². The van der Waals surface area contributed by atoms with Gasteiger partial charge in [0.1, 0.15) is 29.0 Å². The molecule has 7 aromatic rings. The molecule has 3 heterocycles. The fraction of sp³-hybridized carbons (Fsp3) is 0. The first-order valence-electron chi connectivity index (χ1n) is 13.6. The summed E-state index contributed by atoms with van der Waals surface area (Å²) in [6, 6.07) is 34.2. The van der Waals surface area contributed by atoms with E-state index in [1.165, 1.54) is 36.5 Å². The maximum absolute atomic E-state index is 13.7. The molecule has 0 amide bonds. The largest absolute Gasteiger partial charge is 0.477 e. The Hall–Kier alpha value is -5.31. The van der Waals surface area contributed by atoms with Crippen molar-refractivity contribution in [1.82, 2.24) is 15.0 Å². The molecule has 0 unspecified atom stereocenters. The molecule has 0 aliphatic carbocycles. The number of para-hydroxylation sites is 2. The molecule has 1 N–H and O–H groups in total. The molecule has 0 atom stereocenters. The van der Waals surface area contributed by atoms with Crippen molar-refractivity contribution in [1.29, 1.82) is 0 Å². The standard InChI is InChI=1S/2C15H9F2N.C6H5NO2.Ir/c2*16-11-6-7-12(13(17)9-11)15-8-5-10-3-1-2-4-14(10)18-15;8-6(9)5-3-1-2-4-7-5;/h2*1-9H;1-4H,(H,8,9);. The minimum atomic E-state index is -0.990. The van der Waals surface area contributed by atoms with Gasteiger partial charge < -0.3 is 5.11 Å². The summed E-state index contributed by atoms with van der Waals surface area (Å²) in [5.74, 6) is -3.36. The molecule has 0 spiro atoms. The van der Waals surface area contributed by atoms with Crippen molar-refractivity contribution >= 4 is 27.8 Å². The van der Waals surface area contributed by atoms with Crippen LogP contribution in [0.25, 0.3) is 44.3 Å². The number of aromatic carboxylic acids is 1. The Bertz CT molecular complexity index is 1990. The van der Waals surface area contributed by atoms with Crippen molar-refractivity contribution in [2.24, 2.45) is 0 Å². The van der Waals surface area contributed by atoms with Crippen LogP contribution in [0.15, 0.2) is 134 Å². The Labute approximate surface area is 274 Å². The number of carbonyl (C=O) groups is 1. The van der Waals surface area contributed by atoms with Crippen molar-refractivity contribution in [3.8, 4) is 22.5 Å². The van der Waals surface area contributed by atoms with Gasteiger partial charge in [-0.05, 0) is 60.7 Å². The minimum absolute atomic E-state index is 0. The average molecular weight is 798 g/mol. The van der Waals surface area contributed by atoms with Gasteiger partial charge in [0, 0.05) is 60.3 Å². The van der Waals surface area contributed by atoms with Crippen LogP contribution in [0.1, 0.15) is 10.5 Å². The van der Waals surface area contributed by atoms with E-state index in [-0.39, 0.29) is 25.8 Å². The minimum Gasteiger partial charge on any atom is -0.477 e. The number of carboxylic acids is 1. The third-order valence-corrected chi connectivity index (χ3v) is 6.50. The molecule has 1 radical (unpaired) electrons. The first-order valence-corrected chi connectivity index (χ1v) is 13.6. The summed E-state index contributed by atoms with van der Waals surface area (Å²) in [4.78, 5) is 22.5. The number of rotatable bonds is 3. The molecule has 3 aromatic heterocycles. The zero-order valence-electron chi connectivity index (χ0n) is 23.7. The Morgan fingerprint density at radius 3 is 1.39 bits per heavy atom. The Kier molecular flexibility index (Phi) is 11.4. The van der Waals surface area contributed by atoms with Crippen LogP contribution in [0, 0.1) is 23.3 Å². The van der Waals surface area contributed by atoms with Crippen LogP contribution in [0.3, 0.4) is 0 Å². The molecule has 4 aromatic carbocycles. The van der Waals surface area contributed by atoms with E-state index >= 15 is 0 Å². The summed E-state index contributed by atoms with van der Waals surface area (Å²) in [6.07, 6.45) is 1.45. The van der Waals surface area contributed by atoms with Crippen molar-refractivity contribution in [2.75, 3.05) is 0 Å². The molecule has 0 aliphatic rings. The number of pyridine rings is 3. The zero-order chi connectivity index (χ0) is 31.8. The van der Waals surface area contributed by atoms with Crippen LogP contribution in [0.4, 0.5) is 17.6 Å². The summed E-state index contributed by atoms with van der Waals surface area (Å²) in [5.41, 5.74) is 3.29. The number of aromatic nitrogens is 3. The van der Waals surface area contributed by atoms with Gasteiger partial charge in [-0.2, -0.15) is 0 Å². The quantitative estimate of drug-likeness (QED) is 0.181. The monoisotopic (exact) mass is 798 g/mol. The van der Waals surface area contributed by atoms with E-state index in [1.807, 2.05) is 60.7 Å². The summed E-state index contributed by atoms with van der Waals surface area (Å²) in [6.45, 7) is 0. The fourth-order valence-corrected chi connectivity index (χ4v) is 4.32. The first kappa shape index (κ1) is 33.6. The van der Waals surface area contributed by atoms with Gasteiger partial charge >= 0.3 is 5.97 Å². The summed E-state index contributed by atoms with van der Waals surface area (Å²) in [5, 5.41) is 10.3. The molecule has 7 rings (SSSR count). The molecule has 0 saturated heterocycles. The van der Waals surface area contributed by atoms with E-state index in [2.05, 4.69) is 15.0 Å². The third kappa shape index (κ3) is 8.44. The predicted octanol–water partition coefficient (Wildman–Crippen LogP) is 9.14. The van der Waals surface area contributed by atoms with Gasteiger partial charge in [0.2, 0.25) is 0 Å². The second-order valence-corrected chi connectivity index (χ2v) is 9.55. The fourth-order valence-electron chi connectivity index (χ4n) is 4.32. The summed E-state index contributed by atoms with van der Waals surface area (Å²) < 4.78 is 53.0. The maximum Gasteiger partial charge on any atom is 0.354 e. The molecule has 231 valence electrons. The molecule has 46 heavy (non-hydrogen) atoms. The molecule has 0 bridgehead atoms. The molecule has 0 saturated carbocycles. The summed E-state index contributed by atoms with van der Waals surface area (Å²) >= 11 is 0. The number of hydrogen-bond acceptors (Lipinski definition) is 4. The second kappa shape index (κ2) is 15.6. The van der Waals surface area contributed by atoms with Crippen LogP contribution >= 0.6 is 0 Å². The number of benzene rings is 4. The van der Waals surface area contributed by atoms with Crippen molar-refractivity contribution in [3.05, 3.63) is 163 Å². The first-order chi connectivity index (χ1) is 21.8. The number of hydrogen-bond donors (Lipinski definition) is 1. The van der Waals surface area contributed by atoms with Gasteiger partial charge in [0.05, 0.1) is 22.4 Å². The molecule has 10 heteroatoms. The van der Waals surface area contributed by atoms with Crippen LogP contribution in [-0.2, 0) is 20.1 Å². The Morgan fingerprint density at radius 2 is 1.00 bits per heavy atom. The zero-order valence-corrected chi connectivity index (χ0v) is 26.1. The smallest absolute Gasteiger partial charge is 0.354 e. The molecule has 0 fully saturated rings. The van der Waals surface area contributed by atoms with Crippen molar-refractivity contribution < 1.29 is 47.6 Å². The van der Waals surface area contributed by atoms with Gasteiger partial charge in [-0.1, -0.05) is 54.6 Å². The number of nitrogens with zero attached hydrogens (tertiary/aromatic N) is 3. The van der Waals surface area contributed by atoms with Gasteiger partial charge in [0.25, 0.3) is 0 Å². The summed E-state index contributed by atoms with van der Waals surface area (Å²) in [7, 11) is 0. The maximum atomic E-state index is 13.7. The van der Waals surface area contributed by atoms with E-state index in [1.54, 1.807) is 24.3 Å². The van der Waals surface area contributed by atoms with E-state index in [4.69, 9.17) is 5.11 Å². The molecular formula is C36H23F4IrN3O2. The van der Waals surface area contributed by atoms with E-state index in [0.717, 1.165) is 33.9 Å². The van der Waals surface area contributed by atoms with Crippen molar-refractivity contribution in [3.63, 3.8) is 0 Å². The Morgan fingerprint density at radius 1 is 0.543 bits per heavy atom. The van der Waals surface area contributed by atoms with Crippen LogP contribution in [-0.4, -0.2) is 26.0 Å². The van der Waals surface area contributed by atoms with Crippen molar-refractivity contribution in [2.45, 2.75) is 0 Å². The van der Waals surface area contributed by atoms with E-state index in [9.17, 15) is 22.4 Å². The SMILES string of the molecule is Fc1ccc(-c2ccc3ccccc3n2)c(F)c1.Fc1ccc(-c2ccc3ccccc3n2)c(F)c1.O=C(O)c1ccccn1.[Ir]. The molecule has 0 aliphatic heterocycles. The second-order valence-electron chi connectivity index (χ2n) is 9.55. The number of carboxylic acid groups (broad SMARTS) is 1. The van der Waals surface area contributed by atoms with E-state index in [0.29, 0.717) is 22.5 Å². The van der Waals surface area contributed by atoms with Gasteiger partial charge in [-0.15, -0.1) is 0 Å². The van der Waals surface area contributed by atoms with Crippen LogP contribution in [0.5, 0.6) is 0 Å². The molecular weight excluding hydrogens is 775 g/mol. The third-order valence-electron chi connectivity index (χ3n) is 6.50. The van der Waals surface area contributed by atoms with Gasteiger partial charge in [-0.25, -0.2) is 37.3 Å². The van der Waals surface area contributed by atoms with Crippen LogP contribution in [0.2, 0.25) is 0 Å². The number of fused-ring (bicyclic) bond motifs is 2. The van der Waals surface area contributed by atoms with Gasteiger partial charge in [-0.3, -0.25) is 0 Å². The predicted molar refractivity (Wildman–Crippen MR) is 165 cm³/mol. The molecule has 5 nitrogen and oxygen atoms in total. The Balaban J connectivity index is 0.000000164. The van der Waals surface area contributed by atoms with Crippen LogP contribution < -0.4 is 0 Å². The average Bonchev–Trinajstić information content (AvgIpc) is 3.05. The number of halogens is 4. The van der Waals surface area contributed by atoms with Gasteiger partial charge in [0.15, 0.2) is 0 Å².